The van der Waals surface area contributed by atoms with Gasteiger partial charge >= 0.3 is 0 Å². The third kappa shape index (κ3) is 11.8. The Morgan fingerprint density at radius 3 is 2.14 bits per heavy atom. The van der Waals surface area contributed by atoms with Gasteiger partial charge in [0.05, 0.1) is 25.6 Å². The van der Waals surface area contributed by atoms with Crippen LogP contribution in [0.25, 0.3) is 0 Å². The number of hydrogen-bond acceptors (Lipinski definition) is 5. The van der Waals surface area contributed by atoms with Gasteiger partial charge in [0.2, 0.25) is 0 Å². The van der Waals surface area contributed by atoms with Gasteiger partial charge in [-0.25, -0.2) is 0 Å². The molecule has 0 aromatic rings. The van der Waals surface area contributed by atoms with Crippen molar-refractivity contribution < 1.29 is 22.4 Å². The molecule has 0 radical (unpaired) electrons. The summed E-state index contributed by atoms with van der Waals surface area (Å²) in [5.41, 5.74) is 5.18. The quantitative estimate of drug-likeness (QED) is 0.397. The van der Waals surface area contributed by atoms with E-state index in [9.17, 15) is 8.42 Å². The van der Waals surface area contributed by atoms with Gasteiger partial charge in [-0.15, -0.1) is 0 Å². The Morgan fingerprint density at radius 1 is 1.07 bits per heavy atom. The maximum Gasteiger partial charge on any atom is 0.264 e. The van der Waals surface area contributed by atoms with E-state index < -0.39 is 10.1 Å². The monoisotopic (exact) mass is 227 g/mol. The Morgan fingerprint density at radius 2 is 1.64 bits per heavy atom. The fourth-order valence-corrected chi connectivity index (χ4v) is 1.23. The van der Waals surface area contributed by atoms with Gasteiger partial charge in [-0.05, 0) is 6.42 Å². The summed E-state index contributed by atoms with van der Waals surface area (Å²) in [4.78, 5) is 0. The van der Waals surface area contributed by atoms with Crippen molar-refractivity contribution in [1.29, 1.82) is 0 Å². The summed E-state index contributed by atoms with van der Waals surface area (Å²) in [5, 5.41) is 0. The van der Waals surface area contributed by atoms with Crippen LogP contribution in [0.15, 0.2) is 0 Å². The van der Waals surface area contributed by atoms with Crippen molar-refractivity contribution in [3.05, 3.63) is 0 Å². The Hall–Kier alpha value is -0.210. The third-order valence-electron chi connectivity index (χ3n) is 1.33. The summed E-state index contributed by atoms with van der Waals surface area (Å²) >= 11 is 0. The molecule has 0 atom stereocenters. The van der Waals surface area contributed by atoms with Crippen molar-refractivity contribution in [1.82, 2.24) is 0 Å². The van der Waals surface area contributed by atoms with E-state index in [0.29, 0.717) is 33.0 Å². The summed E-state index contributed by atoms with van der Waals surface area (Å²) in [6.45, 7) is 2.12. The lowest BCUT2D eigenvalue weighted by Crippen LogP contribution is -2.13. The molecule has 0 aliphatic heterocycles. The lowest BCUT2D eigenvalue weighted by atomic mass is 10.5. The first kappa shape index (κ1) is 13.8. The van der Waals surface area contributed by atoms with Crippen LogP contribution in [0.1, 0.15) is 6.42 Å². The zero-order chi connectivity index (χ0) is 10.9. The van der Waals surface area contributed by atoms with Crippen LogP contribution >= 0.6 is 0 Å². The fraction of sp³-hybridized carbons (Fsp3) is 1.00. The standard InChI is InChI=1S/C7H17NO5S/c8-2-4-13-6-5-12-3-1-7-14(9,10)11/h1-8H2,(H,9,10,11). The van der Waals surface area contributed by atoms with Crippen LogP contribution in [-0.4, -0.2) is 51.7 Å². The molecule has 0 aliphatic carbocycles. The molecule has 0 spiro atoms. The van der Waals surface area contributed by atoms with Gasteiger partial charge in [0.1, 0.15) is 0 Å². The maximum atomic E-state index is 10.3. The molecule has 0 heterocycles. The average Bonchev–Trinajstić information content (AvgIpc) is 2.08. The van der Waals surface area contributed by atoms with Crippen molar-refractivity contribution in [3.8, 4) is 0 Å². The average molecular weight is 227 g/mol. The molecule has 0 saturated heterocycles. The molecule has 6 nitrogen and oxygen atoms in total. The molecule has 3 N–H and O–H groups in total. The highest BCUT2D eigenvalue weighted by Crippen LogP contribution is 1.89. The maximum absolute atomic E-state index is 10.3. The van der Waals surface area contributed by atoms with E-state index in [1.54, 1.807) is 0 Å². The van der Waals surface area contributed by atoms with Gasteiger partial charge in [0.25, 0.3) is 10.1 Å². The number of rotatable bonds is 9. The first-order valence-electron chi connectivity index (χ1n) is 4.37. The second-order valence-electron chi connectivity index (χ2n) is 2.65. The SMILES string of the molecule is NCCOCCOCCCS(=O)(=O)O. The normalized spacial score (nSPS) is 11.9. The lowest BCUT2D eigenvalue weighted by molar-refractivity contribution is 0.0511. The molecule has 0 aliphatic rings. The fourth-order valence-electron chi connectivity index (χ4n) is 0.749. The summed E-state index contributed by atoms with van der Waals surface area (Å²) in [6.07, 6.45) is 0.287. The van der Waals surface area contributed by atoms with Crippen molar-refractivity contribution in [2.75, 3.05) is 38.7 Å². The minimum Gasteiger partial charge on any atom is -0.379 e. The summed E-state index contributed by atoms with van der Waals surface area (Å²) in [7, 11) is -3.85. The van der Waals surface area contributed by atoms with Gasteiger partial charge < -0.3 is 15.2 Å². The van der Waals surface area contributed by atoms with Gasteiger partial charge in [-0.3, -0.25) is 4.55 Å². The van der Waals surface area contributed by atoms with Crippen LogP contribution in [0.5, 0.6) is 0 Å². The third-order valence-corrected chi connectivity index (χ3v) is 2.13. The van der Waals surface area contributed by atoms with E-state index in [-0.39, 0.29) is 12.2 Å². The van der Waals surface area contributed by atoms with Gasteiger partial charge in [0.15, 0.2) is 0 Å². The van der Waals surface area contributed by atoms with E-state index in [4.69, 9.17) is 19.8 Å². The molecule has 0 aromatic carbocycles. The zero-order valence-corrected chi connectivity index (χ0v) is 8.83. The predicted octanol–water partition coefficient (Wildman–Crippen LogP) is -0.744. The zero-order valence-electron chi connectivity index (χ0n) is 8.02. The summed E-state index contributed by atoms with van der Waals surface area (Å²) in [6, 6.07) is 0. The van der Waals surface area contributed by atoms with Crippen LogP contribution in [0.4, 0.5) is 0 Å². The van der Waals surface area contributed by atoms with E-state index >= 15 is 0 Å². The first-order chi connectivity index (χ1) is 6.56. The Bertz CT molecular complexity index is 216. The molecule has 86 valence electrons. The second kappa shape index (κ2) is 8.13. The molecule has 0 rings (SSSR count). The lowest BCUT2D eigenvalue weighted by Gasteiger charge is -2.03. The molecule has 0 amide bonds. The highest BCUT2D eigenvalue weighted by atomic mass is 32.2. The van der Waals surface area contributed by atoms with Crippen LogP contribution in [-0.2, 0) is 19.6 Å². The highest BCUT2D eigenvalue weighted by Gasteiger charge is 2.02. The number of hydrogen-bond donors (Lipinski definition) is 2. The molecule has 0 unspecified atom stereocenters. The van der Waals surface area contributed by atoms with Crippen molar-refractivity contribution in [2.45, 2.75) is 6.42 Å². The summed E-state index contributed by atoms with van der Waals surface area (Å²) in [5.74, 6) is -0.267. The number of ether oxygens (including phenoxy) is 2. The van der Waals surface area contributed by atoms with Crippen molar-refractivity contribution >= 4 is 10.1 Å². The highest BCUT2D eigenvalue weighted by molar-refractivity contribution is 7.85. The van der Waals surface area contributed by atoms with Crippen LogP contribution < -0.4 is 5.73 Å². The van der Waals surface area contributed by atoms with Crippen LogP contribution in [0.3, 0.4) is 0 Å². The Balaban J connectivity index is 3.07. The molecular formula is C7H17NO5S. The molecule has 0 saturated carbocycles. The Labute approximate surface area is 84.1 Å². The van der Waals surface area contributed by atoms with E-state index in [0.717, 1.165) is 0 Å². The predicted molar refractivity (Wildman–Crippen MR) is 51.7 cm³/mol. The minimum atomic E-state index is -3.85. The molecule has 0 fully saturated rings. The topological polar surface area (TPSA) is 98.9 Å². The van der Waals surface area contributed by atoms with Gasteiger partial charge in [-0.1, -0.05) is 0 Å². The van der Waals surface area contributed by atoms with Gasteiger partial charge in [0, 0.05) is 13.2 Å². The molecule has 14 heavy (non-hydrogen) atoms. The molecule has 7 heteroatoms. The van der Waals surface area contributed by atoms with E-state index in [1.807, 2.05) is 0 Å². The van der Waals surface area contributed by atoms with Crippen LogP contribution in [0, 0.1) is 0 Å². The minimum absolute atomic E-state index is 0.267. The summed E-state index contributed by atoms with van der Waals surface area (Å²) < 4.78 is 38.9. The molecule has 0 bridgehead atoms. The smallest absolute Gasteiger partial charge is 0.264 e. The second-order valence-corrected chi connectivity index (χ2v) is 4.23. The van der Waals surface area contributed by atoms with Crippen LogP contribution in [0.2, 0.25) is 0 Å². The Kier molecular flexibility index (Phi) is 8.01. The largest absolute Gasteiger partial charge is 0.379 e. The first-order valence-corrected chi connectivity index (χ1v) is 5.98. The van der Waals surface area contributed by atoms with E-state index in [1.165, 1.54) is 0 Å². The van der Waals surface area contributed by atoms with Crippen molar-refractivity contribution in [2.24, 2.45) is 5.73 Å². The number of nitrogens with two attached hydrogens (primary N) is 1. The van der Waals surface area contributed by atoms with Gasteiger partial charge in [-0.2, -0.15) is 8.42 Å². The van der Waals surface area contributed by atoms with E-state index in [2.05, 4.69) is 0 Å². The molecular weight excluding hydrogens is 210 g/mol. The van der Waals surface area contributed by atoms with Crippen molar-refractivity contribution in [3.63, 3.8) is 0 Å². The molecule has 0 aromatic heterocycles.